The Morgan fingerprint density at radius 2 is 2.10 bits per heavy atom. The Balaban J connectivity index is 2.43. The number of amides is 1. The summed E-state index contributed by atoms with van der Waals surface area (Å²) in [5, 5.41) is 3.20. The molecule has 1 aliphatic rings. The molecule has 1 heterocycles. The molecule has 6 nitrogen and oxygen atoms in total. The number of hydrogen-bond acceptors (Lipinski definition) is 4. The van der Waals surface area contributed by atoms with Crippen LogP contribution in [0.25, 0.3) is 0 Å². The molecule has 1 aromatic rings. The van der Waals surface area contributed by atoms with E-state index < -0.39 is 21.5 Å². The van der Waals surface area contributed by atoms with Gasteiger partial charge < -0.3 is 11.1 Å². The first-order valence-electron chi connectivity index (χ1n) is 6.39. The first kappa shape index (κ1) is 15.0. The number of nitrogens with two attached hydrogens (primary N) is 1. The number of carbonyl (C=O) groups excluding carboxylic acids is 1. The molecule has 0 atom stereocenters. The monoisotopic (exact) mass is 297 g/mol. The van der Waals surface area contributed by atoms with Crippen LogP contribution in [0.2, 0.25) is 0 Å². The first-order chi connectivity index (χ1) is 9.24. The molecule has 1 amide bonds. The second-order valence-corrected chi connectivity index (χ2v) is 7.07. The molecule has 0 aromatic heterocycles. The van der Waals surface area contributed by atoms with Crippen LogP contribution in [0.5, 0.6) is 0 Å². The lowest BCUT2D eigenvalue weighted by atomic mass is 10.0. The molecule has 0 saturated carbocycles. The van der Waals surface area contributed by atoms with Gasteiger partial charge in [-0.15, -0.1) is 0 Å². The van der Waals surface area contributed by atoms with Gasteiger partial charge in [0, 0.05) is 6.54 Å². The fourth-order valence-electron chi connectivity index (χ4n) is 2.19. The van der Waals surface area contributed by atoms with Crippen molar-refractivity contribution < 1.29 is 13.2 Å². The molecule has 1 aromatic carbocycles. The predicted octanol–water partition coefficient (Wildman–Crippen LogP) is -0.125. The first-order valence-corrected chi connectivity index (χ1v) is 7.88. The van der Waals surface area contributed by atoms with E-state index in [-0.39, 0.29) is 4.90 Å². The Morgan fingerprint density at radius 3 is 2.75 bits per heavy atom. The van der Waals surface area contributed by atoms with E-state index in [1.54, 1.807) is 12.1 Å². The van der Waals surface area contributed by atoms with E-state index in [2.05, 4.69) is 10.0 Å². The van der Waals surface area contributed by atoms with E-state index in [9.17, 15) is 13.2 Å². The summed E-state index contributed by atoms with van der Waals surface area (Å²) in [7, 11) is -3.78. The highest BCUT2D eigenvalue weighted by molar-refractivity contribution is 7.89. The summed E-state index contributed by atoms with van der Waals surface area (Å²) in [6.45, 7) is 4.28. The van der Waals surface area contributed by atoms with E-state index in [1.807, 2.05) is 6.07 Å². The minimum Gasteiger partial charge on any atom is -0.368 e. The van der Waals surface area contributed by atoms with Crippen LogP contribution in [0, 0.1) is 0 Å². The predicted molar refractivity (Wildman–Crippen MR) is 75.4 cm³/mol. The summed E-state index contributed by atoms with van der Waals surface area (Å²) in [5.41, 5.74) is 5.67. The molecular weight excluding hydrogens is 278 g/mol. The van der Waals surface area contributed by atoms with Gasteiger partial charge in [-0.25, -0.2) is 8.42 Å². The van der Waals surface area contributed by atoms with Crippen molar-refractivity contribution >= 4 is 15.9 Å². The highest BCUT2D eigenvalue weighted by Gasteiger charge is 2.33. The smallest absolute Gasteiger partial charge is 0.241 e. The van der Waals surface area contributed by atoms with Crippen molar-refractivity contribution in [3.8, 4) is 0 Å². The molecule has 0 fully saturated rings. The molecule has 7 heteroatoms. The number of rotatable bonds is 4. The van der Waals surface area contributed by atoms with Crippen LogP contribution < -0.4 is 15.8 Å². The SMILES string of the molecule is CC(C)(NS(=O)(=O)c1cccc2c1CCNC2)C(N)=O. The number of nitrogens with one attached hydrogen (secondary N) is 2. The van der Waals surface area contributed by atoms with Crippen LogP contribution in [0.3, 0.4) is 0 Å². The van der Waals surface area contributed by atoms with Crippen molar-refractivity contribution in [1.82, 2.24) is 10.0 Å². The highest BCUT2D eigenvalue weighted by atomic mass is 32.2. The molecule has 1 aliphatic heterocycles. The minimum absolute atomic E-state index is 0.228. The summed E-state index contributed by atoms with van der Waals surface area (Å²) >= 11 is 0. The third-order valence-corrected chi connectivity index (χ3v) is 5.13. The second kappa shape index (κ2) is 5.16. The number of fused-ring (bicyclic) bond motifs is 1. The lowest BCUT2D eigenvalue weighted by molar-refractivity contribution is -0.122. The zero-order valence-electron chi connectivity index (χ0n) is 11.6. The number of benzene rings is 1. The Hall–Kier alpha value is -1.44. The van der Waals surface area contributed by atoms with Crippen LogP contribution >= 0.6 is 0 Å². The van der Waals surface area contributed by atoms with Gasteiger partial charge >= 0.3 is 0 Å². The molecule has 0 aliphatic carbocycles. The van der Waals surface area contributed by atoms with Crippen LogP contribution in [0.1, 0.15) is 25.0 Å². The zero-order chi connectivity index (χ0) is 15.0. The van der Waals surface area contributed by atoms with Crippen LogP contribution in [0.15, 0.2) is 23.1 Å². The van der Waals surface area contributed by atoms with E-state index in [0.29, 0.717) is 13.0 Å². The van der Waals surface area contributed by atoms with Crippen molar-refractivity contribution in [2.24, 2.45) is 5.73 Å². The number of sulfonamides is 1. The molecule has 0 bridgehead atoms. The van der Waals surface area contributed by atoms with E-state index in [1.165, 1.54) is 13.8 Å². The fourth-order valence-corrected chi connectivity index (χ4v) is 3.89. The summed E-state index contributed by atoms with van der Waals surface area (Å²) in [6, 6.07) is 5.17. The summed E-state index contributed by atoms with van der Waals surface area (Å²) in [4.78, 5) is 11.5. The molecule has 2 rings (SSSR count). The summed E-state index contributed by atoms with van der Waals surface area (Å²) < 4.78 is 27.3. The van der Waals surface area contributed by atoms with Crippen LogP contribution in [0.4, 0.5) is 0 Å². The lowest BCUT2D eigenvalue weighted by Crippen LogP contribution is -2.53. The van der Waals surface area contributed by atoms with Crippen molar-refractivity contribution in [2.75, 3.05) is 6.54 Å². The fraction of sp³-hybridized carbons (Fsp3) is 0.462. The topological polar surface area (TPSA) is 101 Å². The molecule has 0 unspecified atom stereocenters. The van der Waals surface area contributed by atoms with Crippen LogP contribution in [-0.2, 0) is 27.8 Å². The van der Waals surface area contributed by atoms with Gasteiger partial charge in [-0.3, -0.25) is 4.79 Å². The van der Waals surface area contributed by atoms with Gasteiger partial charge in [-0.1, -0.05) is 12.1 Å². The normalized spacial score (nSPS) is 15.7. The maximum atomic E-state index is 12.5. The molecule has 0 radical (unpaired) electrons. The van der Waals surface area contributed by atoms with Gasteiger partial charge in [0.25, 0.3) is 0 Å². The van der Waals surface area contributed by atoms with Crippen molar-refractivity contribution in [3.63, 3.8) is 0 Å². The highest BCUT2D eigenvalue weighted by Crippen LogP contribution is 2.23. The van der Waals surface area contributed by atoms with Crippen molar-refractivity contribution in [3.05, 3.63) is 29.3 Å². The van der Waals surface area contributed by atoms with Gasteiger partial charge in [0.2, 0.25) is 15.9 Å². The maximum Gasteiger partial charge on any atom is 0.241 e. The average molecular weight is 297 g/mol. The van der Waals surface area contributed by atoms with Gasteiger partial charge in [0.15, 0.2) is 0 Å². The molecule has 0 spiro atoms. The Bertz CT molecular complexity index is 638. The van der Waals surface area contributed by atoms with E-state index >= 15 is 0 Å². The van der Waals surface area contributed by atoms with Gasteiger partial charge in [-0.05, 0) is 44.0 Å². The largest absolute Gasteiger partial charge is 0.368 e. The molecule has 0 saturated heterocycles. The molecule has 4 N–H and O–H groups in total. The van der Waals surface area contributed by atoms with E-state index in [4.69, 9.17) is 5.73 Å². The Morgan fingerprint density at radius 1 is 1.40 bits per heavy atom. The second-order valence-electron chi connectivity index (χ2n) is 5.42. The van der Waals surface area contributed by atoms with Crippen LogP contribution in [-0.4, -0.2) is 26.4 Å². The quantitative estimate of drug-likeness (QED) is 0.721. The van der Waals surface area contributed by atoms with Gasteiger partial charge in [0.1, 0.15) is 5.54 Å². The number of primary amides is 1. The molecule has 20 heavy (non-hydrogen) atoms. The van der Waals surface area contributed by atoms with Gasteiger partial charge in [-0.2, -0.15) is 4.72 Å². The molecular formula is C13H19N3O3S. The third kappa shape index (κ3) is 2.84. The number of hydrogen-bond donors (Lipinski definition) is 3. The average Bonchev–Trinajstić information content (AvgIpc) is 2.36. The minimum atomic E-state index is -3.78. The van der Waals surface area contributed by atoms with Crippen molar-refractivity contribution in [1.29, 1.82) is 0 Å². The Kier molecular flexibility index (Phi) is 3.86. The van der Waals surface area contributed by atoms with Gasteiger partial charge in [0.05, 0.1) is 4.90 Å². The molecule has 110 valence electrons. The standard InChI is InChI=1S/C13H19N3O3S/c1-13(2,12(14)17)16-20(18,19)11-5-3-4-9-8-15-7-6-10(9)11/h3-5,15-16H,6-8H2,1-2H3,(H2,14,17). The third-order valence-electron chi connectivity index (χ3n) is 3.39. The zero-order valence-corrected chi connectivity index (χ0v) is 12.4. The van der Waals surface area contributed by atoms with E-state index in [0.717, 1.165) is 17.7 Å². The summed E-state index contributed by atoms with van der Waals surface area (Å²) in [6.07, 6.45) is 0.642. The summed E-state index contributed by atoms with van der Waals surface area (Å²) in [5.74, 6) is -0.715. The maximum absolute atomic E-state index is 12.5. The lowest BCUT2D eigenvalue weighted by Gasteiger charge is -2.25. The van der Waals surface area contributed by atoms with Crippen molar-refractivity contribution in [2.45, 2.75) is 37.2 Å². The Labute approximate surface area is 118 Å². The number of carbonyl (C=O) groups is 1.